The molecule has 1 aromatic heterocycles. The van der Waals surface area contributed by atoms with Crippen LogP contribution < -0.4 is 10.2 Å². The highest BCUT2D eigenvalue weighted by molar-refractivity contribution is 5.98. The van der Waals surface area contributed by atoms with Crippen molar-refractivity contribution in [2.75, 3.05) is 36.5 Å². The highest BCUT2D eigenvalue weighted by Gasteiger charge is 2.17. The van der Waals surface area contributed by atoms with Gasteiger partial charge in [-0.05, 0) is 43.7 Å². The number of carbonyl (C=O) groups excluding carboxylic acids is 1. The van der Waals surface area contributed by atoms with Gasteiger partial charge < -0.3 is 19.9 Å². The van der Waals surface area contributed by atoms with E-state index < -0.39 is 0 Å². The van der Waals surface area contributed by atoms with Gasteiger partial charge in [-0.25, -0.2) is 0 Å². The Labute approximate surface area is 159 Å². The number of rotatable bonds is 4. The van der Waals surface area contributed by atoms with Crippen molar-refractivity contribution < 1.29 is 9.53 Å². The molecule has 1 aliphatic heterocycles. The maximum atomic E-state index is 12.8. The summed E-state index contributed by atoms with van der Waals surface area (Å²) in [5.74, 6) is 0.00113. The molecule has 5 heteroatoms. The number of anilines is 2. The van der Waals surface area contributed by atoms with Crippen LogP contribution in [0.1, 0.15) is 16.8 Å². The highest BCUT2D eigenvalue weighted by Crippen LogP contribution is 2.28. The van der Waals surface area contributed by atoms with Crippen molar-refractivity contribution in [3.05, 3.63) is 59.3 Å². The van der Waals surface area contributed by atoms with Gasteiger partial charge in [0.25, 0.3) is 0 Å². The molecule has 0 saturated carbocycles. The van der Waals surface area contributed by atoms with Gasteiger partial charge in [0, 0.05) is 29.7 Å². The van der Waals surface area contributed by atoms with Gasteiger partial charge in [-0.3, -0.25) is 4.79 Å². The molecule has 2 heterocycles. The van der Waals surface area contributed by atoms with Gasteiger partial charge >= 0.3 is 0 Å². The number of nitrogens with one attached hydrogen (secondary N) is 2. The summed E-state index contributed by atoms with van der Waals surface area (Å²) < 4.78 is 5.44. The Morgan fingerprint density at radius 1 is 1.15 bits per heavy atom. The molecule has 4 rings (SSSR count). The van der Waals surface area contributed by atoms with Gasteiger partial charge in [0.15, 0.2) is 0 Å². The molecule has 1 fully saturated rings. The van der Waals surface area contributed by atoms with E-state index in [1.165, 1.54) is 5.56 Å². The van der Waals surface area contributed by atoms with Crippen LogP contribution in [-0.2, 0) is 16.0 Å². The second-order valence-electron chi connectivity index (χ2n) is 7.12. The molecule has 1 aliphatic rings. The smallest absolute Gasteiger partial charge is 0.228 e. The highest BCUT2D eigenvalue weighted by atomic mass is 16.5. The summed E-state index contributed by atoms with van der Waals surface area (Å²) in [5.41, 5.74) is 6.30. The summed E-state index contributed by atoms with van der Waals surface area (Å²) in [6, 6.07) is 14.3. The Morgan fingerprint density at radius 3 is 2.74 bits per heavy atom. The van der Waals surface area contributed by atoms with E-state index in [-0.39, 0.29) is 5.91 Å². The van der Waals surface area contributed by atoms with E-state index in [0.29, 0.717) is 6.42 Å². The average Bonchev–Trinajstić information content (AvgIpc) is 2.98. The van der Waals surface area contributed by atoms with Crippen molar-refractivity contribution in [3.8, 4) is 0 Å². The van der Waals surface area contributed by atoms with Crippen molar-refractivity contribution in [1.29, 1.82) is 0 Å². The van der Waals surface area contributed by atoms with Crippen molar-refractivity contribution >= 4 is 28.2 Å². The van der Waals surface area contributed by atoms with Crippen LogP contribution in [0.15, 0.2) is 42.5 Å². The van der Waals surface area contributed by atoms with Gasteiger partial charge in [-0.1, -0.05) is 23.8 Å². The first-order valence-electron chi connectivity index (χ1n) is 9.41. The van der Waals surface area contributed by atoms with E-state index in [0.717, 1.165) is 59.8 Å². The zero-order valence-electron chi connectivity index (χ0n) is 15.8. The molecule has 0 spiro atoms. The summed E-state index contributed by atoms with van der Waals surface area (Å²) in [6.45, 7) is 7.22. The van der Waals surface area contributed by atoms with Crippen LogP contribution in [0.25, 0.3) is 10.9 Å². The summed E-state index contributed by atoms with van der Waals surface area (Å²) >= 11 is 0. The fraction of sp³-hybridized carbons (Fsp3) is 0.318. The van der Waals surface area contributed by atoms with E-state index in [4.69, 9.17) is 4.74 Å². The molecular formula is C22H25N3O2. The molecule has 27 heavy (non-hydrogen) atoms. The first-order chi connectivity index (χ1) is 13.1. The van der Waals surface area contributed by atoms with Crippen LogP contribution in [0.4, 0.5) is 11.4 Å². The van der Waals surface area contributed by atoms with Gasteiger partial charge in [0.1, 0.15) is 0 Å². The molecule has 2 N–H and O–H groups in total. The number of fused-ring (bicyclic) bond motifs is 1. The number of benzene rings is 2. The van der Waals surface area contributed by atoms with E-state index in [2.05, 4.69) is 46.4 Å². The van der Waals surface area contributed by atoms with E-state index >= 15 is 0 Å². The molecule has 1 saturated heterocycles. The van der Waals surface area contributed by atoms with Crippen LogP contribution in [-0.4, -0.2) is 37.2 Å². The van der Waals surface area contributed by atoms with Gasteiger partial charge in [0.05, 0.1) is 31.0 Å². The number of H-pyrrole nitrogens is 1. The molecule has 5 nitrogen and oxygen atoms in total. The Kier molecular flexibility index (Phi) is 4.86. The van der Waals surface area contributed by atoms with Crippen LogP contribution >= 0.6 is 0 Å². The molecule has 0 aliphatic carbocycles. The lowest BCUT2D eigenvalue weighted by Gasteiger charge is -2.30. The van der Waals surface area contributed by atoms with Crippen LogP contribution in [0.2, 0.25) is 0 Å². The number of hydrogen-bond donors (Lipinski definition) is 2. The number of hydrogen-bond acceptors (Lipinski definition) is 3. The Hall–Kier alpha value is -2.79. The molecule has 1 amide bonds. The zero-order chi connectivity index (χ0) is 18.8. The van der Waals surface area contributed by atoms with E-state index in [9.17, 15) is 4.79 Å². The quantitative estimate of drug-likeness (QED) is 0.741. The maximum absolute atomic E-state index is 12.8. The minimum Gasteiger partial charge on any atom is -0.378 e. The lowest BCUT2D eigenvalue weighted by molar-refractivity contribution is -0.115. The minimum absolute atomic E-state index is 0.00113. The average molecular weight is 363 g/mol. The fourth-order valence-electron chi connectivity index (χ4n) is 3.74. The fourth-order valence-corrected chi connectivity index (χ4v) is 3.74. The Morgan fingerprint density at radius 2 is 1.93 bits per heavy atom. The van der Waals surface area contributed by atoms with Crippen molar-refractivity contribution in [2.45, 2.75) is 20.3 Å². The molecule has 2 aromatic carbocycles. The molecular weight excluding hydrogens is 338 g/mol. The summed E-state index contributed by atoms with van der Waals surface area (Å²) in [4.78, 5) is 18.5. The number of nitrogens with zero attached hydrogens (tertiary/aromatic N) is 1. The topological polar surface area (TPSA) is 57.4 Å². The van der Waals surface area contributed by atoms with Crippen LogP contribution in [0.5, 0.6) is 0 Å². The predicted molar refractivity (Wildman–Crippen MR) is 110 cm³/mol. The number of carbonyl (C=O) groups is 1. The van der Waals surface area contributed by atoms with Crippen molar-refractivity contribution in [3.63, 3.8) is 0 Å². The first-order valence-corrected chi connectivity index (χ1v) is 9.41. The molecule has 0 atom stereocenters. The summed E-state index contributed by atoms with van der Waals surface area (Å²) in [6.07, 6.45) is 0.354. The third-order valence-corrected chi connectivity index (χ3v) is 5.14. The molecule has 3 aromatic rings. The van der Waals surface area contributed by atoms with E-state index in [1.54, 1.807) is 0 Å². The standard InChI is InChI=1S/C22H25N3O2/c1-15-7-8-19-18(13-15)17(16(2)23-19)14-22(26)24-20-5-3-4-6-21(20)25-9-11-27-12-10-25/h3-8,13,23H,9-12,14H2,1-2H3,(H,24,26). The summed E-state index contributed by atoms with van der Waals surface area (Å²) in [7, 11) is 0. The van der Waals surface area contributed by atoms with Gasteiger partial charge in [-0.15, -0.1) is 0 Å². The van der Waals surface area contributed by atoms with Crippen LogP contribution in [0.3, 0.4) is 0 Å². The lowest BCUT2D eigenvalue weighted by Crippen LogP contribution is -2.36. The molecule has 0 unspecified atom stereocenters. The van der Waals surface area contributed by atoms with Crippen molar-refractivity contribution in [2.24, 2.45) is 0 Å². The SMILES string of the molecule is Cc1ccc2[nH]c(C)c(CC(=O)Nc3ccccc3N3CCOCC3)c2c1. The van der Waals surface area contributed by atoms with Crippen molar-refractivity contribution in [1.82, 2.24) is 4.98 Å². The molecule has 140 valence electrons. The third kappa shape index (κ3) is 3.69. The van der Waals surface area contributed by atoms with Gasteiger partial charge in [0.2, 0.25) is 5.91 Å². The first kappa shape index (κ1) is 17.6. The second kappa shape index (κ2) is 7.45. The minimum atomic E-state index is 0.00113. The molecule has 0 bridgehead atoms. The Balaban J connectivity index is 1.56. The maximum Gasteiger partial charge on any atom is 0.228 e. The number of aromatic nitrogens is 1. The molecule has 0 radical (unpaired) electrons. The van der Waals surface area contributed by atoms with Crippen LogP contribution in [0, 0.1) is 13.8 Å². The third-order valence-electron chi connectivity index (χ3n) is 5.14. The largest absolute Gasteiger partial charge is 0.378 e. The second-order valence-corrected chi connectivity index (χ2v) is 7.12. The summed E-state index contributed by atoms with van der Waals surface area (Å²) in [5, 5.41) is 4.25. The number of para-hydroxylation sites is 2. The predicted octanol–water partition coefficient (Wildman–Crippen LogP) is 3.80. The zero-order valence-corrected chi connectivity index (χ0v) is 15.8. The number of morpholine rings is 1. The normalized spacial score (nSPS) is 14.5. The number of amides is 1. The van der Waals surface area contributed by atoms with Gasteiger partial charge in [-0.2, -0.15) is 0 Å². The number of aryl methyl sites for hydroxylation is 2. The number of aromatic amines is 1. The Bertz CT molecular complexity index is 971. The monoisotopic (exact) mass is 363 g/mol. The number of ether oxygens (including phenoxy) is 1. The van der Waals surface area contributed by atoms with E-state index in [1.807, 2.05) is 25.1 Å². The lowest BCUT2D eigenvalue weighted by atomic mass is 10.1.